The number of nitrogens with zero attached hydrogens (tertiary/aromatic N) is 1. The third kappa shape index (κ3) is 4.61. The van der Waals surface area contributed by atoms with Gasteiger partial charge < -0.3 is 14.8 Å². The molecule has 1 unspecified atom stereocenters. The van der Waals surface area contributed by atoms with Crippen molar-refractivity contribution in [2.45, 2.75) is 18.9 Å². The van der Waals surface area contributed by atoms with E-state index in [2.05, 4.69) is 5.32 Å². The van der Waals surface area contributed by atoms with Crippen LogP contribution < -0.4 is 15.0 Å². The molecule has 0 saturated carbocycles. The number of hydrogen-bond acceptors (Lipinski definition) is 4. The van der Waals surface area contributed by atoms with E-state index in [1.807, 2.05) is 30.3 Å². The van der Waals surface area contributed by atoms with Crippen LogP contribution in [0.25, 0.3) is 0 Å². The van der Waals surface area contributed by atoms with Gasteiger partial charge in [0.1, 0.15) is 5.75 Å². The summed E-state index contributed by atoms with van der Waals surface area (Å²) in [6.45, 7) is 1.27. The molecule has 1 fully saturated rings. The molecule has 6 heteroatoms. The zero-order chi connectivity index (χ0) is 18.4. The summed E-state index contributed by atoms with van der Waals surface area (Å²) in [5.74, 6) is 0.216. The summed E-state index contributed by atoms with van der Waals surface area (Å²) in [4.78, 5) is 25.8. The lowest BCUT2D eigenvalue weighted by molar-refractivity contribution is 0.0858. The molecule has 0 aromatic heterocycles. The smallest absolute Gasteiger partial charge is 0.410 e. The van der Waals surface area contributed by atoms with Gasteiger partial charge in [-0.25, -0.2) is 4.79 Å². The average molecular weight is 354 g/mol. The summed E-state index contributed by atoms with van der Waals surface area (Å²) < 4.78 is 10.8. The van der Waals surface area contributed by atoms with E-state index < -0.39 is 6.09 Å². The quantitative estimate of drug-likeness (QED) is 0.895. The van der Waals surface area contributed by atoms with Crippen molar-refractivity contribution < 1.29 is 19.1 Å². The number of nitrogens with one attached hydrogen (secondary N) is 1. The zero-order valence-electron chi connectivity index (χ0n) is 14.7. The van der Waals surface area contributed by atoms with E-state index >= 15 is 0 Å². The predicted octanol–water partition coefficient (Wildman–Crippen LogP) is 3.23. The Morgan fingerprint density at radius 2 is 1.88 bits per heavy atom. The Morgan fingerprint density at radius 1 is 1.15 bits per heavy atom. The lowest BCUT2D eigenvalue weighted by atomic mass is 10.2. The standard InChI is InChI=1S/C20H22N2O4/c1-22(16-6-3-2-4-7-16)20(24)26-17-11-9-15(10-12-17)19(23)21-14-18-8-5-13-25-18/h2-4,6-7,9-12,18H,5,8,13-14H2,1H3,(H,21,23). The highest BCUT2D eigenvalue weighted by Gasteiger charge is 2.17. The molecule has 2 aromatic rings. The molecular formula is C20H22N2O4. The van der Waals surface area contributed by atoms with Crippen LogP contribution in [-0.2, 0) is 4.74 Å². The third-order valence-corrected chi connectivity index (χ3v) is 4.25. The first-order valence-electron chi connectivity index (χ1n) is 8.64. The van der Waals surface area contributed by atoms with Crippen molar-refractivity contribution in [2.75, 3.05) is 25.1 Å². The average Bonchev–Trinajstić information content (AvgIpc) is 3.20. The number of rotatable bonds is 5. The van der Waals surface area contributed by atoms with Crippen molar-refractivity contribution in [1.29, 1.82) is 0 Å². The van der Waals surface area contributed by atoms with Crippen LogP contribution >= 0.6 is 0 Å². The summed E-state index contributed by atoms with van der Waals surface area (Å²) in [5.41, 5.74) is 1.25. The molecule has 1 aliphatic heterocycles. The van der Waals surface area contributed by atoms with E-state index in [0.717, 1.165) is 25.1 Å². The molecule has 0 spiro atoms. The highest BCUT2D eigenvalue weighted by molar-refractivity contribution is 5.94. The van der Waals surface area contributed by atoms with Crippen molar-refractivity contribution >= 4 is 17.7 Å². The summed E-state index contributed by atoms with van der Waals surface area (Å²) in [6, 6.07) is 15.7. The topological polar surface area (TPSA) is 67.9 Å². The van der Waals surface area contributed by atoms with Crippen molar-refractivity contribution in [1.82, 2.24) is 5.32 Å². The molecule has 1 heterocycles. The van der Waals surface area contributed by atoms with Gasteiger partial charge in [-0.3, -0.25) is 9.69 Å². The summed E-state index contributed by atoms with van der Waals surface area (Å²) >= 11 is 0. The van der Waals surface area contributed by atoms with E-state index in [1.165, 1.54) is 4.90 Å². The van der Waals surface area contributed by atoms with E-state index in [-0.39, 0.29) is 12.0 Å². The fourth-order valence-electron chi connectivity index (χ4n) is 2.71. The Hall–Kier alpha value is -2.86. The second kappa shape index (κ2) is 8.49. The molecule has 1 saturated heterocycles. The maximum atomic E-state index is 12.2. The molecule has 2 aromatic carbocycles. The van der Waals surface area contributed by atoms with Gasteiger partial charge >= 0.3 is 6.09 Å². The molecule has 3 rings (SSSR count). The SMILES string of the molecule is CN(C(=O)Oc1ccc(C(=O)NCC2CCCO2)cc1)c1ccccc1. The Labute approximate surface area is 152 Å². The van der Waals surface area contributed by atoms with Crippen LogP contribution in [0.15, 0.2) is 54.6 Å². The minimum Gasteiger partial charge on any atom is -0.410 e. The van der Waals surface area contributed by atoms with Crippen LogP contribution in [-0.4, -0.2) is 38.3 Å². The number of carbonyl (C=O) groups is 2. The number of anilines is 1. The Morgan fingerprint density at radius 3 is 2.54 bits per heavy atom. The maximum Gasteiger partial charge on any atom is 0.419 e. The van der Waals surface area contributed by atoms with Gasteiger partial charge in [0.2, 0.25) is 0 Å². The first kappa shape index (κ1) is 17.9. The normalized spacial score (nSPS) is 16.1. The second-order valence-corrected chi connectivity index (χ2v) is 6.13. The fraction of sp³-hybridized carbons (Fsp3) is 0.300. The molecule has 6 nitrogen and oxygen atoms in total. The second-order valence-electron chi connectivity index (χ2n) is 6.13. The van der Waals surface area contributed by atoms with Gasteiger partial charge in [0.05, 0.1) is 6.10 Å². The van der Waals surface area contributed by atoms with Crippen molar-refractivity contribution in [3.8, 4) is 5.75 Å². The number of hydrogen-bond donors (Lipinski definition) is 1. The van der Waals surface area contributed by atoms with E-state index in [0.29, 0.717) is 17.9 Å². The van der Waals surface area contributed by atoms with Crippen LogP contribution in [0.5, 0.6) is 5.75 Å². The van der Waals surface area contributed by atoms with Gasteiger partial charge in [0.25, 0.3) is 5.91 Å². The molecule has 0 bridgehead atoms. The number of ether oxygens (including phenoxy) is 2. The van der Waals surface area contributed by atoms with Gasteiger partial charge in [-0.1, -0.05) is 18.2 Å². The van der Waals surface area contributed by atoms with Crippen molar-refractivity contribution in [3.63, 3.8) is 0 Å². The molecule has 1 atom stereocenters. The minimum absolute atomic E-state index is 0.104. The number of carbonyl (C=O) groups excluding carboxylic acids is 2. The highest BCUT2D eigenvalue weighted by Crippen LogP contribution is 2.17. The van der Waals surface area contributed by atoms with Gasteiger partial charge in [-0.05, 0) is 49.2 Å². The molecule has 1 N–H and O–H groups in total. The van der Waals surface area contributed by atoms with Crippen LogP contribution in [0.3, 0.4) is 0 Å². The number of amides is 2. The van der Waals surface area contributed by atoms with Gasteiger partial charge in [-0.2, -0.15) is 0 Å². The van der Waals surface area contributed by atoms with E-state index in [9.17, 15) is 9.59 Å². The zero-order valence-corrected chi connectivity index (χ0v) is 14.7. The van der Waals surface area contributed by atoms with Gasteiger partial charge in [0.15, 0.2) is 0 Å². The molecule has 136 valence electrons. The highest BCUT2D eigenvalue weighted by atomic mass is 16.6. The summed E-state index contributed by atoms with van der Waals surface area (Å²) in [7, 11) is 1.64. The first-order chi connectivity index (χ1) is 12.6. The lowest BCUT2D eigenvalue weighted by Crippen LogP contribution is -2.31. The first-order valence-corrected chi connectivity index (χ1v) is 8.64. The van der Waals surface area contributed by atoms with Gasteiger partial charge in [0, 0.05) is 31.5 Å². The van der Waals surface area contributed by atoms with Gasteiger partial charge in [-0.15, -0.1) is 0 Å². The van der Waals surface area contributed by atoms with Crippen LogP contribution in [0, 0.1) is 0 Å². The minimum atomic E-state index is -0.494. The van der Waals surface area contributed by atoms with Crippen molar-refractivity contribution in [3.05, 3.63) is 60.2 Å². The summed E-state index contributed by atoms with van der Waals surface area (Å²) in [5, 5.41) is 2.86. The number of para-hydroxylation sites is 1. The fourth-order valence-corrected chi connectivity index (χ4v) is 2.71. The molecule has 0 radical (unpaired) electrons. The monoisotopic (exact) mass is 354 g/mol. The maximum absolute atomic E-state index is 12.2. The van der Waals surface area contributed by atoms with E-state index in [1.54, 1.807) is 31.3 Å². The van der Waals surface area contributed by atoms with Crippen LogP contribution in [0.2, 0.25) is 0 Å². The Balaban J connectivity index is 1.53. The van der Waals surface area contributed by atoms with Crippen LogP contribution in [0.1, 0.15) is 23.2 Å². The summed E-state index contributed by atoms with van der Waals surface area (Å²) in [6.07, 6.45) is 1.63. The molecule has 0 aliphatic carbocycles. The predicted molar refractivity (Wildman–Crippen MR) is 98.6 cm³/mol. The Bertz CT molecular complexity index is 740. The van der Waals surface area contributed by atoms with Crippen LogP contribution in [0.4, 0.5) is 10.5 Å². The third-order valence-electron chi connectivity index (χ3n) is 4.25. The molecule has 1 aliphatic rings. The number of benzene rings is 2. The lowest BCUT2D eigenvalue weighted by Gasteiger charge is -2.16. The molecule has 2 amide bonds. The largest absolute Gasteiger partial charge is 0.419 e. The Kier molecular flexibility index (Phi) is 5.86. The molecule has 26 heavy (non-hydrogen) atoms. The van der Waals surface area contributed by atoms with Crippen molar-refractivity contribution in [2.24, 2.45) is 0 Å². The van der Waals surface area contributed by atoms with E-state index in [4.69, 9.17) is 9.47 Å². The molecular weight excluding hydrogens is 332 g/mol.